The van der Waals surface area contributed by atoms with Gasteiger partial charge in [-0.25, -0.2) is 18.7 Å². The Hall–Kier alpha value is -2.84. The molecule has 126 valence electrons. The van der Waals surface area contributed by atoms with Crippen molar-refractivity contribution in [2.24, 2.45) is 0 Å². The Morgan fingerprint density at radius 3 is 2.58 bits per heavy atom. The number of nitro groups is 1. The maximum Gasteiger partial charge on any atom is 0.353 e. The number of rotatable bonds is 4. The summed E-state index contributed by atoms with van der Waals surface area (Å²) in [5.74, 6) is -1.51. The molecule has 24 heavy (non-hydrogen) atoms. The second-order valence-electron chi connectivity index (χ2n) is 5.45. The van der Waals surface area contributed by atoms with Gasteiger partial charge in [-0.05, 0) is 31.4 Å². The van der Waals surface area contributed by atoms with Gasteiger partial charge in [-0.2, -0.15) is 0 Å². The van der Waals surface area contributed by atoms with Gasteiger partial charge in [0.25, 0.3) is 0 Å². The lowest BCUT2D eigenvalue weighted by Gasteiger charge is -2.27. The van der Waals surface area contributed by atoms with Gasteiger partial charge in [-0.1, -0.05) is 0 Å². The number of halogens is 2. The molecule has 7 nitrogen and oxygen atoms in total. The molecule has 1 aliphatic heterocycles. The highest BCUT2D eigenvalue weighted by molar-refractivity contribution is 5.74. The molecule has 1 aromatic heterocycles. The van der Waals surface area contributed by atoms with Crippen LogP contribution in [-0.4, -0.2) is 28.0 Å². The number of benzene rings is 1. The first-order valence-electron chi connectivity index (χ1n) is 7.52. The predicted molar refractivity (Wildman–Crippen MR) is 84.4 cm³/mol. The van der Waals surface area contributed by atoms with E-state index in [0.29, 0.717) is 19.2 Å². The van der Waals surface area contributed by atoms with Crippen LogP contribution in [0.2, 0.25) is 0 Å². The Bertz CT molecular complexity index is 766. The van der Waals surface area contributed by atoms with E-state index in [2.05, 4.69) is 15.3 Å². The number of anilines is 3. The van der Waals surface area contributed by atoms with Gasteiger partial charge in [0.05, 0.1) is 10.6 Å². The Balaban J connectivity index is 1.99. The molecular weight excluding hydrogens is 320 g/mol. The topological polar surface area (TPSA) is 84.2 Å². The maximum atomic E-state index is 13.8. The number of nitrogens with zero attached hydrogens (tertiary/aromatic N) is 4. The van der Waals surface area contributed by atoms with Crippen LogP contribution in [0.25, 0.3) is 0 Å². The number of aromatic nitrogens is 2. The van der Waals surface area contributed by atoms with Crippen LogP contribution in [0.3, 0.4) is 0 Å². The first-order chi connectivity index (χ1) is 11.6. The van der Waals surface area contributed by atoms with Crippen molar-refractivity contribution in [3.8, 4) is 0 Å². The summed E-state index contributed by atoms with van der Waals surface area (Å²) in [6, 6.07) is 2.92. The zero-order valence-electron chi connectivity index (χ0n) is 12.7. The molecule has 0 bridgehead atoms. The molecule has 0 amide bonds. The molecule has 0 spiro atoms. The molecule has 1 saturated heterocycles. The fourth-order valence-electron chi connectivity index (χ4n) is 2.68. The smallest absolute Gasteiger partial charge is 0.351 e. The second kappa shape index (κ2) is 6.73. The largest absolute Gasteiger partial charge is 0.353 e. The molecule has 0 atom stereocenters. The summed E-state index contributed by atoms with van der Waals surface area (Å²) in [5, 5.41) is 14.1. The molecular formula is C15H15F2N5O2. The minimum absolute atomic E-state index is 0.0946. The summed E-state index contributed by atoms with van der Waals surface area (Å²) in [6.07, 6.45) is 4.12. The molecule has 0 unspecified atom stereocenters. The van der Waals surface area contributed by atoms with E-state index in [1.807, 2.05) is 4.90 Å². The fourth-order valence-corrected chi connectivity index (χ4v) is 2.68. The van der Waals surface area contributed by atoms with Crippen LogP contribution in [0.4, 0.5) is 31.8 Å². The van der Waals surface area contributed by atoms with Gasteiger partial charge in [0.1, 0.15) is 18.0 Å². The number of nitrogens with one attached hydrogen (secondary N) is 1. The maximum absolute atomic E-state index is 13.8. The number of hydrogen-bond acceptors (Lipinski definition) is 6. The van der Waals surface area contributed by atoms with Crippen LogP contribution < -0.4 is 10.2 Å². The van der Waals surface area contributed by atoms with E-state index < -0.39 is 16.6 Å². The van der Waals surface area contributed by atoms with Crippen molar-refractivity contribution in [1.82, 2.24) is 9.97 Å². The molecule has 0 saturated carbocycles. The van der Waals surface area contributed by atoms with Gasteiger partial charge in [0, 0.05) is 19.2 Å². The highest BCUT2D eigenvalue weighted by atomic mass is 19.1. The van der Waals surface area contributed by atoms with Crippen LogP contribution in [0.1, 0.15) is 19.3 Å². The van der Waals surface area contributed by atoms with Crippen molar-refractivity contribution >= 4 is 23.0 Å². The molecule has 1 aromatic carbocycles. The van der Waals surface area contributed by atoms with E-state index >= 15 is 0 Å². The highest BCUT2D eigenvalue weighted by Crippen LogP contribution is 2.35. The van der Waals surface area contributed by atoms with Crippen LogP contribution in [0.5, 0.6) is 0 Å². The lowest BCUT2D eigenvalue weighted by Crippen LogP contribution is -2.31. The summed E-state index contributed by atoms with van der Waals surface area (Å²) >= 11 is 0. The molecule has 1 N–H and O–H groups in total. The van der Waals surface area contributed by atoms with Gasteiger partial charge in [0.15, 0.2) is 0 Å². The number of hydrogen-bond donors (Lipinski definition) is 1. The van der Waals surface area contributed by atoms with Gasteiger partial charge >= 0.3 is 5.69 Å². The normalized spacial score (nSPS) is 14.5. The molecule has 2 aromatic rings. The Morgan fingerprint density at radius 1 is 1.17 bits per heavy atom. The molecule has 0 aliphatic carbocycles. The average molecular weight is 335 g/mol. The SMILES string of the molecule is O=[N+]([O-])c1c(Nc2ccc(F)cc2F)ncnc1N1CCCCC1. The quantitative estimate of drug-likeness (QED) is 0.681. The predicted octanol–water partition coefficient (Wildman–Crippen LogP) is 3.40. The molecule has 1 fully saturated rings. The summed E-state index contributed by atoms with van der Waals surface area (Å²) in [7, 11) is 0. The van der Waals surface area contributed by atoms with E-state index in [-0.39, 0.29) is 23.0 Å². The second-order valence-corrected chi connectivity index (χ2v) is 5.45. The van der Waals surface area contributed by atoms with Crippen LogP contribution in [0, 0.1) is 21.7 Å². The lowest BCUT2D eigenvalue weighted by atomic mass is 10.1. The Morgan fingerprint density at radius 2 is 1.92 bits per heavy atom. The molecule has 9 heteroatoms. The van der Waals surface area contributed by atoms with Crippen molar-refractivity contribution < 1.29 is 13.7 Å². The third-order valence-corrected chi connectivity index (χ3v) is 3.83. The third kappa shape index (κ3) is 3.24. The summed E-state index contributed by atoms with van der Waals surface area (Å²) in [6.45, 7) is 1.34. The Kier molecular flexibility index (Phi) is 4.50. The van der Waals surface area contributed by atoms with Crippen molar-refractivity contribution in [3.05, 3.63) is 46.3 Å². The van der Waals surface area contributed by atoms with Crippen molar-refractivity contribution in [2.45, 2.75) is 19.3 Å². The summed E-state index contributed by atoms with van der Waals surface area (Å²) in [4.78, 5) is 20.7. The standard InChI is InChI=1S/C15H15F2N5O2/c16-10-4-5-12(11(17)8-10)20-14-13(22(23)24)15(19-9-18-14)21-6-2-1-3-7-21/h4-5,8-9H,1-3,6-7H2,(H,18,19,20). The van der Waals surface area contributed by atoms with E-state index in [4.69, 9.17) is 0 Å². The summed E-state index contributed by atoms with van der Waals surface area (Å²) in [5.41, 5.74) is -0.411. The van der Waals surface area contributed by atoms with Gasteiger partial charge in [-0.15, -0.1) is 0 Å². The molecule has 0 radical (unpaired) electrons. The zero-order valence-corrected chi connectivity index (χ0v) is 12.7. The molecule has 3 rings (SSSR count). The highest BCUT2D eigenvalue weighted by Gasteiger charge is 2.28. The van der Waals surface area contributed by atoms with E-state index in [1.54, 1.807) is 0 Å². The third-order valence-electron chi connectivity index (χ3n) is 3.83. The zero-order chi connectivity index (χ0) is 17.1. The van der Waals surface area contributed by atoms with Crippen molar-refractivity contribution in [1.29, 1.82) is 0 Å². The monoisotopic (exact) mass is 335 g/mol. The van der Waals surface area contributed by atoms with E-state index in [1.165, 1.54) is 6.33 Å². The van der Waals surface area contributed by atoms with Gasteiger partial charge in [0.2, 0.25) is 11.6 Å². The fraction of sp³-hybridized carbons (Fsp3) is 0.333. The Labute approximate surface area is 136 Å². The van der Waals surface area contributed by atoms with Crippen LogP contribution in [-0.2, 0) is 0 Å². The van der Waals surface area contributed by atoms with E-state index in [9.17, 15) is 18.9 Å². The van der Waals surface area contributed by atoms with Crippen molar-refractivity contribution in [3.63, 3.8) is 0 Å². The van der Waals surface area contributed by atoms with Gasteiger partial charge in [-0.3, -0.25) is 10.1 Å². The summed E-state index contributed by atoms with van der Waals surface area (Å²) < 4.78 is 26.8. The van der Waals surface area contributed by atoms with Crippen LogP contribution >= 0.6 is 0 Å². The average Bonchev–Trinajstić information content (AvgIpc) is 2.58. The molecule has 2 heterocycles. The van der Waals surface area contributed by atoms with Crippen molar-refractivity contribution in [2.75, 3.05) is 23.3 Å². The number of piperidine rings is 1. The first-order valence-corrected chi connectivity index (χ1v) is 7.52. The van der Waals surface area contributed by atoms with E-state index in [0.717, 1.165) is 31.4 Å². The molecule has 1 aliphatic rings. The minimum Gasteiger partial charge on any atom is -0.351 e. The van der Waals surface area contributed by atoms with Crippen LogP contribution in [0.15, 0.2) is 24.5 Å². The van der Waals surface area contributed by atoms with Gasteiger partial charge < -0.3 is 10.2 Å². The lowest BCUT2D eigenvalue weighted by molar-refractivity contribution is -0.383. The first kappa shape index (κ1) is 16.0. The minimum atomic E-state index is -0.859.